The second-order valence-electron chi connectivity index (χ2n) is 14.2. The summed E-state index contributed by atoms with van der Waals surface area (Å²) in [5, 5.41) is 15.2. The molecular weight excluding hydrogens is 740 g/mol. The van der Waals surface area contributed by atoms with Crippen LogP contribution in [-0.2, 0) is 22.3 Å². The predicted octanol–water partition coefficient (Wildman–Crippen LogP) is 8.53. The van der Waals surface area contributed by atoms with Gasteiger partial charge in [0, 0.05) is 42.3 Å². The number of carboxylic acid groups (broad SMARTS) is 1. The van der Waals surface area contributed by atoms with Crippen LogP contribution in [0.15, 0.2) is 41.2 Å². The number of aryl methyl sites for hydroxylation is 3. The Morgan fingerprint density at radius 2 is 1.67 bits per heavy atom. The van der Waals surface area contributed by atoms with E-state index in [4.69, 9.17) is 21.5 Å². The van der Waals surface area contributed by atoms with Gasteiger partial charge in [0.2, 0.25) is 0 Å². The van der Waals surface area contributed by atoms with Crippen molar-refractivity contribution >= 4 is 30.3 Å². The first-order chi connectivity index (χ1) is 25.9. The lowest BCUT2D eigenvalue weighted by Gasteiger charge is -2.24. The molecular formula is C41H55ClF4N4O5. The number of carboxylic acids is 1. The van der Waals surface area contributed by atoms with Crippen molar-refractivity contribution in [2.75, 3.05) is 26.7 Å². The first-order valence-electron chi connectivity index (χ1n) is 18.5. The Balaban J connectivity index is 0.000000369. The molecule has 9 nitrogen and oxygen atoms in total. The fourth-order valence-electron chi connectivity index (χ4n) is 6.98. The van der Waals surface area contributed by atoms with Crippen molar-refractivity contribution in [1.82, 2.24) is 20.1 Å². The van der Waals surface area contributed by atoms with Crippen molar-refractivity contribution in [3.05, 3.63) is 91.1 Å². The van der Waals surface area contributed by atoms with Crippen LogP contribution in [-0.4, -0.2) is 66.0 Å². The molecule has 14 heteroatoms. The second-order valence-corrected chi connectivity index (χ2v) is 14.6. The number of carbonyl (C=O) groups is 3. The van der Waals surface area contributed by atoms with Gasteiger partial charge in [-0.3, -0.25) is 14.4 Å². The molecule has 3 aromatic rings. The zero-order chi connectivity index (χ0) is 41.6. The number of nitrogens with one attached hydrogen (secondary N) is 2. The number of alkyl halides is 3. The lowest BCUT2D eigenvalue weighted by molar-refractivity contribution is -0.144. The third kappa shape index (κ3) is 13.3. The highest BCUT2D eigenvalue weighted by Crippen LogP contribution is 2.34. The van der Waals surface area contributed by atoms with E-state index in [1.165, 1.54) is 0 Å². The monoisotopic (exact) mass is 794 g/mol. The van der Waals surface area contributed by atoms with Crippen molar-refractivity contribution in [2.45, 2.75) is 105 Å². The fourth-order valence-corrected chi connectivity index (χ4v) is 7.30. The summed E-state index contributed by atoms with van der Waals surface area (Å²) in [4.78, 5) is 46.4. The van der Waals surface area contributed by atoms with E-state index in [0.717, 1.165) is 66.6 Å². The van der Waals surface area contributed by atoms with E-state index in [9.17, 15) is 31.9 Å². The maximum Gasteiger partial charge on any atom is 0.431 e. The van der Waals surface area contributed by atoms with Crippen LogP contribution < -0.4 is 16.2 Å². The largest absolute Gasteiger partial charge is 0.481 e. The van der Waals surface area contributed by atoms with E-state index in [2.05, 4.69) is 22.5 Å². The summed E-state index contributed by atoms with van der Waals surface area (Å²) in [7, 11) is 1.63. The minimum Gasteiger partial charge on any atom is -0.481 e. The van der Waals surface area contributed by atoms with Crippen LogP contribution in [0.1, 0.15) is 104 Å². The van der Waals surface area contributed by atoms with E-state index in [0.29, 0.717) is 52.2 Å². The number of carbonyl (C=O) groups excluding carboxylic acids is 2. The number of halogens is 5. The Kier molecular flexibility index (Phi) is 18.7. The van der Waals surface area contributed by atoms with Gasteiger partial charge in [-0.1, -0.05) is 32.4 Å². The topological polar surface area (TPSA) is 121 Å². The molecule has 304 valence electrons. The van der Waals surface area contributed by atoms with Crippen molar-refractivity contribution in [1.29, 1.82) is 0 Å². The smallest absolute Gasteiger partial charge is 0.431 e. The molecule has 0 radical (unpaired) electrons. The zero-order valence-corrected chi connectivity index (χ0v) is 33.6. The molecule has 1 saturated heterocycles. The molecule has 55 heavy (non-hydrogen) atoms. The molecule has 1 aromatic heterocycles. The molecule has 2 atom stereocenters. The number of likely N-dealkylation sites (tertiary alicyclic amines) is 1. The number of aliphatic carboxylic acids is 1. The van der Waals surface area contributed by atoms with Crippen molar-refractivity contribution in [3.8, 4) is 11.1 Å². The zero-order valence-electron chi connectivity index (χ0n) is 32.8. The normalized spacial score (nSPS) is 14.8. The lowest BCUT2D eigenvalue weighted by Crippen LogP contribution is -2.37. The van der Waals surface area contributed by atoms with Gasteiger partial charge in [-0.05, 0) is 137 Å². The van der Waals surface area contributed by atoms with Crippen LogP contribution in [0.2, 0.25) is 5.02 Å². The van der Waals surface area contributed by atoms with Gasteiger partial charge in [-0.15, -0.1) is 0 Å². The molecule has 1 unspecified atom stereocenters. The summed E-state index contributed by atoms with van der Waals surface area (Å²) in [5.41, 5.74) is 2.58. The van der Waals surface area contributed by atoms with Crippen LogP contribution in [0.3, 0.4) is 0 Å². The van der Waals surface area contributed by atoms with Crippen molar-refractivity contribution in [3.63, 3.8) is 0 Å². The minimum absolute atomic E-state index is 0.0618. The summed E-state index contributed by atoms with van der Waals surface area (Å²) in [6.07, 6.45) is -0.457. The number of pyridine rings is 1. The van der Waals surface area contributed by atoms with Gasteiger partial charge in [0.1, 0.15) is 23.9 Å². The Hall–Kier alpha value is -4.07. The number of hydrogen-bond acceptors (Lipinski definition) is 6. The maximum absolute atomic E-state index is 14.6. The first kappa shape index (κ1) is 47.1. The summed E-state index contributed by atoms with van der Waals surface area (Å²) in [6, 6.07) is 8.96. The van der Waals surface area contributed by atoms with E-state index in [1.807, 2.05) is 46.6 Å². The molecule has 1 aliphatic heterocycles. The molecule has 2 heterocycles. The van der Waals surface area contributed by atoms with Crippen LogP contribution >= 0.6 is 11.6 Å². The molecule has 1 fully saturated rings. The van der Waals surface area contributed by atoms with Gasteiger partial charge in [0.05, 0.1) is 6.42 Å². The molecule has 0 bridgehead atoms. The van der Waals surface area contributed by atoms with E-state index in [1.54, 1.807) is 26.1 Å². The number of amides is 1. The molecule has 0 aliphatic carbocycles. The Morgan fingerprint density at radius 3 is 2.22 bits per heavy atom. The molecule has 2 aromatic carbocycles. The molecule has 1 aliphatic rings. The second kappa shape index (κ2) is 21.9. The van der Waals surface area contributed by atoms with E-state index in [-0.39, 0.29) is 24.3 Å². The van der Waals surface area contributed by atoms with Crippen LogP contribution in [0.4, 0.5) is 17.6 Å². The molecule has 3 N–H and O–H groups in total. The van der Waals surface area contributed by atoms with Gasteiger partial charge in [0.15, 0.2) is 0 Å². The predicted molar refractivity (Wildman–Crippen MR) is 209 cm³/mol. The minimum atomic E-state index is -4.65. The molecule has 1 amide bonds. The average molecular weight is 795 g/mol. The summed E-state index contributed by atoms with van der Waals surface area (Å²) >= 11 is 6.09. The first-order valence-corrected chi connectivity index (χ1v) is 18.9. The van der Waals surface area contributed by atoms with Gasteiger partial charge < -0.3 is 30.0 Å². The maximum atomic E-state index is 14.6. The molecule has 0 spiro atoms. The average Bonchev–Trinajstić information content (AvgIpc) is 3.56. The molecule has 0 saturated carbocycles. The van der Waals surface area contributed by atoms with Crippen LogP contribution in [0.5, 0.6) is 0 Å². The summed E-state index contributed by atoms with van der Waals surface area (Å²) in [6.45, 7) is 15.6. The van der Waals surface area contributed by atoms with Crippen molar-refractivity contribution < 1.29 is 37.1 Å². The Labute approximate surface area is 326 Å². The number of nitrogens with zero attached hydrogens (tertiary/aromatic N) is 2. The van der Waals surface area contributed by atoms with Crippen molar-refractivity contribution in [2.24, 2.45) is 5.92 Å². The third-order valence-electron chi connectivity index (χ3n) is 9.69. The lowest BCUT2D eigenvalue weighted by atomic mass is 9.90. The quantitative estimate of drug-likeness (QED) is 0.140. The Bertz CT molecular complexity index is 1790. The van der Waals surface area contributed by atoms with Gasteiger partial charge >= 0.3 is 12.1 Å². The highest BCUT2D eigenvalue weighted by Gasteiger charge is 2.35. The highest BCUT2D eigenvalue weighted by molar-refractivity contribution is 6.30. The SMILES string of the molecule is C=O.CCC1CCCN1CCCn1c(C(F)(F)F)ccc(C(=O)NCCC(C)C)c1=O.CN[C@@H](CC(=O)O)c1cc(-c2c(C)cc(Cl)cc2C)cc(C)c1F. The Morgan fingerprint density at radius 1 is 1.04 bits per heavy atom. The summed E-state index contributed by atoms with van der Waals surface area (Å²) < 4.78 is 55.6. The van der Waals surface area contributed by atoms with Gasteiger partial charge in [-0.25, -0.2) is 4.39 Å². The summed E-state index contributed by atoms with van der Waals surface area (Å²) in [5.74, 6) is -1.60. The van der Waals surface area contributed by atoms with Gasteiger partial charge in [-0.2, -0.15) is 13.2 Å². The third-order valence-corrected chi connectivity index (χ3v) is 9.90. The molecule has 4 rings (SSSR count). The van der Waals surface area contributed by atoms with E-state index < -0.39 is 35.3 Å². The van der Waals surface area contributed by atoms with E-state index >= 15 is 0 Å². The number of rotatable bonds is 14. The van der Waals surface area contributed by atoms with Crippen LogP contribution in [0.25, 0.3) is 11.1 Å². The fraction of sp³-hybridized carbons (Fsp3) is 0.512. The van der Waals surface area contributed by atoms with Crippen LogP contribution in [0, 0.1) is 32.5 Å². The standard InChI is InChI=1S/C21H32F3N3O2.C19H21ClFNO2.CH2O/c1-4-16-7-5-12-26(16)13-6-14-27-18(21(22,23)24)9-8-17(20(27)29)19(28)25-11-10-15(2)3;1-10-6-14(20)7-11(2)18(10)13-5-12(3)19(21)15(8-13)16(22-4)9-17(23)24;1-2/h8-9,15-16H,4-7,10-14H2,1-3H3,(H,25,28);5-8,16,22H,9H2,1-4H3,(H,23,24);1H2/t;16-;/m.0./s1. The number of hydrogen-bond donors (Lipinski definition) is 3. The highest BCUT2D eigenvalue weighted by atomic mass is 35.5. The number of aromatic nitrogens is 1. The number of benzene rings is 2. The van der Waals surface area contributed by atoms with Gasteiger partial charge in [0.25, 0.3) is 11.5 Å².